The van der Waals surface area contributed by atoms with E-state index in [4.69, 9.17) is 15.7 Å². The summed E-state index contributed by atoms with van der Waals surface area (Å²) in [6.07, 6.45) is 9.25. The number of hydrogen-bond donors (Lipinski definition) is 2. The van der Waals surface area contributed by atoms with Crippen molar-refractivity contribution in [3.05, 3.63) is 90.7 Å². The van der Waals surface area contributed by atoms with Crippen molar-refractivity contribution >= 4 is 22.9 Å². The summed E-state index contributed by atoms with van der Waals surface area (Å²) in [6.45, 7) is 4.38. The number of aromatic nitrogens is 6. The zero-order valence-electron chi connectivity index (χ0n) is 23.4. The first kappa shape index (κ1) is 25.8. The van der Waals surface area contributed by atoms with Gasteiger partial charge in [0.25, 0.3) is 5.91 Å². The van der Waals surface area contributed by atoms with Crippen molar-refractivity contribution in [1.82, 2.24) is 39.5 Å². The molecule has 1 atom stereocenters. The van der Waals surface area contributed by atoms with E-state index in [1.807, 2.05) is 36.5 Å². The van der Waals surface area contributed by atoms with Crippen LogP contribution in [0.5, 0.6) is 0 Å². The second-order valence-corrected chi connectivity index (χ2v) is 12.0. The Morgan fingerprint density at radius 3 is 2.72 bits per heavy atom. The maximum atomic E-state index is 13.2. The summed E-state index contributed by atoms with van der Waals surface area (Å²) in [4.78, 5) is 27.6. The number of rotatable bonds is 6. The standard InChI is InChI=1S/C32H30FN9O/c1-19(33)31(43)40-17-32(18-40)15-21(16-32)37-25-8-5-20-14-22(6-7-23(20)25)42-29(24-4-2-11-35-28(24)34)38-26-9-10-27(39-30(26)42)41-13-3-12-36-41/h2-4,6-7,9-14,21,25,37H,1,5,8,15-18H2,(H2,34,35). The second-order valence-electron chi connectivity index (χ2n) is 12.0. The summed E-state index contributed by atoms with van der Waals surface area (Å²) in [5.41, 5.74) is 12.2. The highest BCUT2D eigenvalue weighted by atomic mass is 19.1. The molecule has 1 saturated carbocycles. The lowest BCUT2D eigenvalue weighted by Crippen LogP contribution is -2.67. The lowest BCUT2D eigenvalue weighted by Gasteiger charge is -2.59. The third kappa shape index (κ3) is 4.22. The zero-order chi connectivity index (χ0) is 29.3. The number of pyridine rings is 2. The van der Waals surface area contributed by atoms with E-state index in [1.54, 1.807) is 22.0 Å². The van der Waals surface area contributed by atoms with Gasteiger partial charge in [0, 0.05) is 54.9 Å². The van der Waals surface area contributed by atoms with E-state index in [1.165, 1.54) is 11.1 Å². The van der Waals surface area contributed by atoms with E-state index >= 15 is 0 Å². The largest absolute Gasteiger partial charge is 0.383 e. The third-order valence-electron chi connectivity index (χ3n) is 9.14. The number of amides is 1. The number of nitrogens with one attached hydrogen (secondary N) is 1. The molecule has 43 heavy (non-hydrogen) atoms. The van der Waals surface area contributed by atoms with Crippen molar-refractivity contribution in [2.75, 3.05) is 18.8 Å². The number of hydrogen-bond acceptors (Lipinski definition) is 7. The molecule has 3 aliphatic rings. The van der Waals surface area contributed by atoms with Crippen LogP contribution in [0.15, 0.2) is 79.5 Å². The smallest absolute Gasteiger partial charge is 0.282 e. The summed E-state index contributed by atoms with van der Waals surface area (Å²) >= 11 is 0. The van der Waals surface area contributed by atoms with Crippen LogP contribution >= 0.6 is 0 Å². The fraction of sp³-hybridized carbons (Fsp3) is 0.281. The lowest BCUT2D eigenvalue weighted by molar-refractivity contribution is -0.149. The van der Waals surface area contributed by atoms with Crippen molar-refractivity contribution in [2.24, 2.45) is 5.41 Å². The van der Waals surface area contributed by atoms with Gasteiger partial charge in [-0.2, -0.15) is 5.10 Å². The van der Waals surface area contributed by atoms with Gasteiger partial charge in [0.05, 0.1) is 5.56 Å². The number of carbonyl (C=O) groups is 1. The number of halogens is 1. The molecule has 5 heterocycles. The maximum Gasteiger partial charge on any atom is 0.282 e. The predicted molar refractivity (Wildman–Crippen MR) is 160 cm³/mol. The number of fused-ring (bicyclic) bond motifs is 2. The van der Waals surface area contributed by atoms with Crippen LogP contribution in [0.1, 0.15) is 36.4 Å². The van der Waals surface area contributed by atoms with Gasteiger partial charge in [-0.3, -0.25) is 9.36 Å². The quantitative estimate of drug-likeness (QED) is 0.290. The molecule has 3 N–H and O–H groups in total. The van der Waals surface area contributed by atoms with Crippen LogP contribution in [0.3, 0.4) is 0 Å². The number of nitrogen functional groups attached to an aromatic ring is 1. The number of aryl methyl sites for hydroxylation is 1. The van der Waals surface area contributed by atoms with Gasteiger partial charge in [-0.1, -0.05) is 12.6 Å². The van der Waals surface area contributed by atoms with E-state index in [-0.39, 0.29) is 11.5 Å². The van der Waals surface area contributed by atoms with Crippen LogP contribution in [-0.2, 0) is 11.2 Å². The van der Waals surface area contributed by atoms with Crippen molar-refractivity contribution in [2.45, 2.75) is 37.8 Å². The van der Waals surface area contributed by atoms with Gasteiger partial charge in [-0.15, -0.1) is 0 Å². The summed E-state index contributed by atoms with van der Waals surface area (Å²) in [5.74, 6) is 0.336. The van der Waals surface area contributed by atoms with Gasteiger partial charge in [-0.05, 0) is 79.3 Å². The molecule has 1 saturated heterocycles. The van der Waals surface area contributed by atoms with Crippen LogP contribution in [0.25, 0.3) is 34.1 Å². The molecule has 10 nitrogen and oxygen atoms in total. The van der Waals surface area contributed by atoms with E-state index in [0.717, 1.165) is 42.5 Å². The van der Waals surface area contributed by atoms with Crippen LogP contribution in [0.4, 0.5) is 10.2 Å². The van der Waals surface area contributed by atoms with Gasteiger partial charge in [-0.25, -0.2) is 24.0 Å². The molecule has 0 bridgehead atoms. The summed E-state index contributed by atoms with van der Waals surface area (Å²) < 4.78 is 17.0. The predicted octanol–water partition coefficient (Wildman–Crippen LogP) is 4.30. The Kier molecular flexibility index (Phi) is 5.73. The Hall–Kier alpha value is -4.90. The number of benzene rings is 1. The number of imidazole rings is 1. The molecule has 4 aromatic heterocycles. The second kappa shape index (κ2) is 9.56. The van der Waals surface area contributed by atoms with Gasteiger partial charge < -0.3 is 16.0 Å². The molecule has 2 fully saturated rings. The minimum Gasteiger partial charge on any atom is -0.383 e. The highest BCUT2D eigenvalue weighted by Crippen LogP contribution is 2.50. The Bertz CT molecular complexity index is 1900. The van der Waals surface area contributed by atoms with Crippen molar-refractivity contribution in [1.29, 1.82) is 0 Å². The molecular formula is C32H30FN9O. The molecule has 0 radical (unpaired) electrons. The normalized spacial score (nSPS) is 18.9. The minimum atomic E-state index is -0.875. The molecule has 11 heteroatoms. The molecule has 1 amide bonds. The van der Waals surface area contributed by atoms with Crippen molar-refractivity contribution in [3.8, 4) is 22.9 Å². The van der Waals surface area contributed by atoms with E-state index < -0.39 is 11.7 Å². The molecule has 8 rings (SSSR count). The molecule has 2 aliphatic carbocycles. The third-order valence-corrected chi connectivity index (χ3v) is 9.14. The zero-order valence-corrected chi connectivity index (χ0v) is 23.4. The van der Waals surface area contributed by atoms with E-state index in [2.05, 4.69) is 44.7 Å². The highest BCUT2D eigenvalue weighted by molar-refractivity contribution is 5.91. The van der Waals surface area contributed by atoms with Gasteiger partial charge >= 0.3 is 0 Å². The first-order valence-corrected chi connectivity index (χ1v) is 14.5. The molecule has 1 aliphatic heterocycles. The first-order valence-electron chi connectivity index (χ1n) is 14.5. The maximum absolute atomic E-state index is 13.2. The summed E-state index contributed by atoms with van der Waals surface area (Å²) in [6, 6.07) is 16.7. The summed E-state index contributed by atoms with van der Waals surface area (Å²) in [7, 11) is 0. The number of nitrogens with two attached hydrogens (primary N) is 1. The summed E-state index contributed by atoms with van der Waals surface area (Å²) in [5, 5.41) is 8.21. The average molecular weight is 576 g/mol. The van der Waals surface area contributed by atoms with Crippen molar-refractivity contribution in [3.63, 3.8) is 0 Å². The number of nitrogens with zero attached hydrogens (tertiary/aromatic N) is 7. The SMILES string of the molecule is C=C(F)C(=O)N1CC2(CC(NC3CCc4cc(-n5c(-c6cccnc6N)nc6ccc(-n7cccn7)nc65)ccc43)C2)C1. The molecule has 1 spiro atoms. The molecule has 216 valence electrons. The number of carbonyl (C=O) groups excluding carboxylic acids is 1. The minimum absolute atomic E-state index is 0.128. The fourth-order valence-corrected chi connectivity index (χ4v) is 7.15. The number of likely N-dealkylation sites (tertiary alicyclic amines) is 1. The first-order chi connectivity index (χ1) is 20.9. The van der Waals surface area contributed by atoms with Crippen LogP contribution in [0, 0.1) is 5.41 Å². The van der Waals surface area contributed by atoms with Crippen LogP contribution < -0.4 is 11.1 Å². The van der Waals surface area contributed by atoms with Gasteiger partial charge in [0.1, 0.15) is 11.3 Å². The van der Waals surface area contributed by atoms with E-state index in [9.17, 15) is 9.18 Å². The lowest BCUT2D eigenvalue weighted by atomic mass is 9.60. The Morgan fingerprint density at radius 1 is 1.09 bits per heavy atom. The van der Waals surface area contributed by atoms with Crippen LogP contribution in [0.2, 0.25) is 0 Å². The van der Waals surface area contributed by atoms with Gasteiger partial charge in [0.2, 0.25) is 0 Å². The Morgan fingerprint density at radius 2 is 1.95 bits per heavy atom. The highest BCUT2D eigenvalue weighted by Gasteiger charge is 2.54. The monoisotopic (exact) mass is 575 g/mol. The van der Waals surface area contributed by atoms with Gasteiger partial charge in [0.15, 0.2) is 23.1 Å². The number of anilines is 1. The molecule has 1 unspecified atom stereocenters. The van der Waals surface area contributed by atoms with E-state index in [0.29, 0.717) is 42.2 Å². The topological polar surface area (TPSA) is 120 Å². The molecule has 1 aromatic carbocycles. The Balaban J connectivity index is 1.08. The molecular weight excluding hydrogens is 545 g/mol. The van der Waals surface area contributed by atoms with Crippen molar-refractivity contribution < 1.29 is 9.18 Å². The molecule has 5 aromatic rings. The average Bonchev–Trinajstić information content (AvgIpc) is 3.72. The fourth-order valence-electron chi connectivity index (χ4n) is 7.15. The van der Waals surface area contributed by atoms with Crippen LogP contribution in [-0.4, -0.2) is 59.2 Å². The Labute approximate surface area is 247 Å².